The number of halogens is 1. The molecule has 1 aliphatic heterocycles. The molecule has 6 nitrogen and oxygen atoms in total. The molecule has 30 heavy (non-hydrogen) atoms. The average Bonchev–Trinajstić information content (AvgIpc) is 2.96. The lowest BCUT2D eigenvalue weighted by Gasteiger charge is -2.13. The molecule has 1 N–H and O–H groups in total. The first kappa shape index (κ1) is 21.6. The lowest BCUT2D eigenvalue weighted by Crippen LogP contribution is -2.38. The smallest absolute Gasteiger partial charge is 0.293 e. The molecule has 0 aliphatic carbocycles. The average molecular weight is 428 g/mol. The number of hydrogen-bond acceptors (Lipinski definition) is 5. The standard InChI is InChI=1S/C22H21FN2O4S/c1-14-3-8-18(15(2)11-14)29-13-20(26)24-9-10-25-21(27)19(30-22(25)28)12-16-4-6-17(23)7-5-16/h3-8,11-12H,9-10,13H2,1-2H3,(H,24,26)/b19-12-. The van der Waals surface area contributed by atoms with Crippen molar-refractivity contribution in [3.05, 3.63) is 69.9 Å². The van der Waals surface area contributed by atoms with E-state index < -0.39 is 11.1 Å². The zero-order valence-corrected chi connectivity index (χ0v) is 17.4. The lowest BCUT2D eigenvalue weighted by molar-refractivity contribution is -0.125. The van der Waals surface area contributed by atoms with Gasteiger partial charge < -0.3 is 10.1 Å². The van der Waals surface area contributed by atoms with Crippen LogP contribution in [0.1, 0.15) is 16.7 Å². The Balaban J connectivity index is 1.48. The van der Waals surface area contributed by atoms with Crippen molar-refractivity contribution in [3.8, 4) is 5.75 Å². The van der Waals surface area contributed by atoms with E-state index in [1.54, 1.807) is 6.08 Å². The van der Waals surface area contributed by atoms with Crippen LogP contribution in [0.5, 0.6) is 5.75 Å². The van der Waals surface area contributed by atoms with Gasteiger partial charge in [0.15, 0.2) is 6.61 Å². The number of benzene rings is 2. The number of amides is 3. The van der Waals surface area contributed by atoms with Crippen molar-refractivity contribution in [1.29, 1.82) is 0 Å². The number of thioether (sulfide) groups is 1. The van der Waals surface area contributed by atoms with Crippen LogP contribution in [0.15, 0.2) is 47.4 Å². The van der Waals surface area contributed by atoms with Gasteiger partial charge in [-0.25, -0.2) is 4.39 Å². The van der Waals surface area contributed by atoms with Crippen molar-refractivity contribution in [2.45, 2.75) is 13.8 Å². The molecule has 156 valence electrons. The number of carbonyl (C=O) groups is 3. The van der Waals surface area contributed by atoms with Crippen LogP contribution in [-0.4, -0.2) is 41.6 Å². The quantitative estimate of drug-likeness (QED) is 0.681. The second kappa shape index (κ2) is 9.58. The Bertz CT molecular complexity index is 1000. The van der Waals surface area contributed by atoms with Gasteiger partial charge in [-0.05, 0) is 61.0 Å². The molecule has 2 aromatic carbocycles. The molecule has 8 heteroatoms. The van der Waals surface area contributed by atoms with Crippen LogP contribution in [0.4, 0.5) is 9.18 Å². The summed E-state index contributed by atoms with van der Waals surface area (Å²) in [7, 11) is 0. The molecule has 0 atom stereocenters. The van der Waals surface area contributed by atoms with Gasteiger partial charge in [-0.1, -0.05) is 29.8 Å². The van der Waals surface area contributed by atoms with Crippen LogP contribution in [0.3, 0.4) is 0 Å². The van der Waals surface area contributed by atoms with Gasteiger partial charge in [0.2, 0.25) is 0 Å². The molecular weight excluding hydrogens is 407 g/mol. The predicted octanol–water partition coefficient (Wildman–Crippen LogP) is 3.67. The first-order valence-electron chi connectivity index (χ1n) is 9.31. The molecule has 1 saturated heterocycles. The molecule has 1 aliphatic rings. The fourth-order valence-corrected chi connectivity index (χ4v) is 3.73. The van der Waals surface area contributed by atoms with Gasteiger partial charge in [0.05, 0.1) is 4.91 Å². The summed E-state index contributed by atoms with van der Waals surface area (Å²) in [6.45, 7) is 3.90. The van der Waals surface area contributed by atoms with Crippen molar-refractivity contribution in [2.75, 3.05) is 19.7 Å². The maximum absolute atomic E-state index is 13.0. The Kier molecular flexibility index (Phi) is 6.89. The summed E-state index contributed by atoms with van der Waals surface area (Å²) in [4.78, 5) is 37.9. The second-order valence-electron chi connectivity index (χ2n) is 6.79. The Labute approximate surface area is 178 Å². The minimum absolute atomic E-state index is 0.0563. The van der Waals surface area contributed by atoms with Crippen molar-refractivity contribution < 1.29 is 23.5 Å². The van der Waals surface area contributed by atoms with Crippen LogP contribution in [0.2, 0.25) is 0 Å². The van der Waals surface area contributed by atoms with Crippen LogP contribution < -0.4 is 10.1 Å². The first-order valence-corrected chi connectivity index (χ1v) is 10.1. The highest BCUT2D eigenvalue weighted by Crippen LogP contribution is 2.31. The molecule has 3 amide bonds. The Morgan fingerprint density at radius 1 is 1.17 bits per heavy atom. The van der Waals surface area contributed by atoms with E-state index in [1.165, 1.54) is 24.3 Å². The number of aryl methyl sites for hydroxylation is 2. The van der Waals surface area contributed by atoms with Gasteiger partial charge in [0.25, 0.3) is 17.1 Å². The topological polar surface area (TPSA) is 75.7 Å². The normalized spacial score (nSPS) is 15.0. The fourth-order valence-electron chi connectivity index (χ4n) is 2.87. The molecule has 0 bridgehead atoms. The van der Waals surface area contributed by atoms with Gasteiger partial charge in [-0.2, -0.15) is 0 Å². The largest absolute Gasteiger partial charge is 0.484 e. The van der Waals surface area contributed by atoms with E-state index in [4.69, 9.17) is 4.74 Å². The summed E-state index contributed by atoms with van der Waals surface area (Å²) < 4.78 is 18.5. The van der Waals surface area contributed by atoms with Crippen LogP contribution in [0.25, 0.3) is 6.08 Å². The number of imide groups is 1. The molecule has 0 spiro atoms. The molecule has 1 heterocycles. The Morgan fingerprint density at radius 2 is 1.90 bits per heavy atom. The molecule has 0 saturated carbocycles. The van der Waals surface area contributed by atoms with E-state index in [0.717, 1.165) is 27.8 Å². The molecular formula is C22H21FN2O4S. The molecule has 0 aromatic heterocycles. The van der Waals surface area contributed by atoms with Gasteiger partial charge >= 0.3 is 0 Å². The summed E-state index contributed by atoms with van der Waals surface area (Å²) in [5, 5.41) is 2.23. The number of ether oxygens (including phenoxy) is 1. The van der Waals surface area contributed by atoms with Crippen molar-refractivity contribution >= 4 is 34.9 Å². The number of nitrogens with one attached hydrogen (secondary N) is 1. The van der Waals surface area contributed by atoms with Crippen LogP contribution in [-0.2, 0) is 9.59 Å². The molecule has 2 aromatic rings. The van der Waals surface area contributed by atoms with E-state index in [9.17, 15) is 18.8 Å². The minimum Gasteiger partial charge on any atom is -0.484 e. The van der Waals surface area contributed by atoms with Gasteiger partial charge in [0.1, 0.15) is 11.6 Å². The van der Waals surface area contributed by atoms with Crippen LogP contribution in [0, 0.1) is 19.7 Å². The lowest BCUT2D eigenvalue weighted by atomic mass is 10.1. The molecule has 0 unspecified atom stereocenters. The summed E-state index contributed by atoms with van der Waals surface area (Å²) in [6, 6.07) is 11.3. The second-order valence-corrected chi connectivity index (χ2v) is 7.79. The monoisotopic (exact) mass is 428 g/mol. The summed E-state index contributed by atoms with van der Waals surface area (Å²) in [5.41, 5.74) is 2.67. The van der Waals surface area contributed by atoms with E-state index in [2.05, 4.69) is 5.32 Å². The number of carbonyl (C=O) groups excluding carboxylic acids is 3. The summed E-state index contributed by atoms with van der Waals surface area (Å²) >= 11 is 0.817. The number of hydrogen-bond donors (Lipinski definition) is 1. The maximum atomic E-state index is 13.0. The van der Waals surface area contributed by atoms with E-state index in [0.29, 0.717) is 11.3 Å². The highest BCUT2D eigenvalue weighted by Gasteiger charge is 2.34. The maximum Gasteiger partial charge on any atom is 0.293 e. The SMILES string of the molecule is Cc1ccc(OCC(=O)NCCN2C(=O)S/C(=C\c3ccc(F)cc3)C2=O)c(C)c1. The first-order chi connectivity index (χ1) is 14.3. The van der Waals surface area contributed by atoms with Crippen LogP contribution >= 0.6 is 11.8 Å². The predicted molar refractivity (Wildman–Crippen MR) is 113 cm³/mol. The fraction of sp³-hybridized carbons (Fsp3) is 0.227. The van der Waals surface area contributed by atoms with Crippen molar-refractivity contribution in [3.63, 3.8) is 0 Å². The van der Waals surface area contributed by atoms with E-state index in [-0.39, 0.29) is 36.3 Å². The zero-order chi connectivity index (χ0) is 21.7. The third-order valence-electron chi connectivity index (χ3n) is 4.39. The van der Waals surface area contributed by atoms with Gasteiger partial charge in [-0.3, -0.25) is 19.3 Å². The zero-order valence-electron chi connectivity index (χ0n) is 16.6. The van der Waals surface area contributed by atoms with Gasteiger partial charge in [-0.15, -0.1) is 0 Å². The summed E-state index contributed by atoms with van der Waals surface area (Å²) in [5.74, 6) is -0.524. The third kappa shape index (κ3) is 5.48. The van der Waals surface area contributed by atoms with E-state index >= 15 is 0 Å². The Morgan fingerprint density at radius 3 is 2.60 bits per heavy atom. The minimum atomic E-state index is -0.435. The molecule has 3 rings (SSSR count). The van der Waals surface area contributed by atoms with Gasteiger partial charge in [0, 0.05) is 13.1 Å². The number of rotatable bonds is 7. The van der Waals surface area contributed by atoms with Crippen molar-refractivity contribution in [1.82, 2.24) is 10.2 Å². The molecule has 0 radical (unpaired) electrons. The highest BCUT2D eigenvalue weighted by molar-refractivity contribution is 8.18. The third-order valence-corrected chi connectivity index (χ3v) is 5.30. The highest BCUT2D eigenvalue weighted by atomic mass is 32.2. The number of nitrogens with zero attached hydrogens (tertiary/aromatic N) is 1. The summed E-state index contributed by atoms with van der Waals surface area (Å²) in [6.07, 6.45) is 1.54. The van der Waals surface area contributed by atoms with Crippen molar-refractivity contribution in [2.24, 2.45) is 0 Å². The Hall–Kier alpha value is -3.13. The van der Waals surface area contributed by atoms with E-state index in [1.807, 2.05) is 32.0 Å². The molecule has 1 fully saturated rings.